The Morgan fingerprint density at radius 2 is 2.09 bits per heavy atom. The van der Waals surface area contributed by atoms with E-state index < -0.39 is 5.91 Å². The highest BCUT2D eigenvalue weighted by atomic mass is 16.5. The lowest BCUT2D eigenvalue weighted by Crippen LogP contribution is -2.24. The van der Waals surface area contributed by atoms with E-state index in [1.807, 2.05) is 0 Å². The molecule has 0 aliphatic carbocycles. The second-order valence-corrected chi connectivity index (χ2v) is 4.64. The zero-order valence-corrected chi connectivity index (χ0v) is 12.8. The zero-order valence-electron chi connectivity index (χ0n) is 12.8. The Hall–Kier alpha value is -3.09. The van der Waals surface area contributed by atoms with Crippen LogP contribution in [-0.4, -0.2) is 31.4 Å². The van der Waals surface area contributed by atoms with E-state index in [9.17, 15) is 9.59 Å². The lowest BCUT2D eigenvalue weighted by atomic mass is 10.1. The van der Waals surface area contributed by atoms with Gasteiger partial charge in [0.2, 0.25) is 0 Å². The third-order valence-electron chi connectivity index (χ3n) is 3.31. The van der Waals surface area contributed by atoms with Crippen molar-refractivity contribution in [2.45, 2.75) is 6.54 Å². The summed E-state index contributed by atoms with van der Waals surface area (Å²) in [6.45, 7) is 0.240. The molecule has 0 aliphatic rings. The van der Waals surface area contributed by atoms with Crippen LogP contribution in [-0.2, 0) is 6.54 Å². The summed E-state index contributed by atoms with van der Waals surface area (Å²) in [5, 5.41) is 2.74. The highest BCUT2D eigenvalue weighted by Gasteiger charge is 2.14. The van der Waals surface area contributed by atoms with Gasteiger partial charge in [0.15, 0.2) is 6.29 Å². The van der Waals surface area contributed by atoms with Crippen molar-refractivity contribution in [1.29, 1.82) is 0 Å². The van der Waals surface area contributed by atoms with E-state index >= 15 is 0 Å². The summed E-state index contributed by atoms with van der Waals surface area (Å²) >= 11 is 0. The number of pyridine rings is 1. The predicted octanol–water partition coefficient (Wildman–Crippen LogP) is 1.42. The van der Waals surface area contributed by atoms with Crippen LogP contribution in [0.15, 0.2) is 30.5 Å². The molecule has 0 saturated carbocycles. The fourth-order valence-corrected chi connectivity index (χ4v) is 2.05. The van der Waals surface area contributed by atoms with Crippen molar-refractivity contribution in [2.75, 3.05) is 20.0 Å². The maximum Gasteiger partial charge on any atom is 0.253 e. The molecule has 0 saturated heterocycles. The molecule has 0 atom stereocenters. The van der Waals surface area contributed by atoms with Gasteiger partial charge in [0.05, 0.1) is 25.5 Å². The van der Waals surface area contributed by atoms with Gasteiger partial charge in [-0.25, -0.2) is 0 Å². The Labute approximate surface area is 133 Å². The van der Waals surface area contributed by atoms with Gasteiger partial charge in [-0.1, -0.05) is 0 Å². The minimum Gasteiger partial charge on any atom is -0.497 e. The van der Waals surface area contributed by atoms with Crippen LogP contribution in [0.5, 0.6) is 11.5 Å². The maximum atomic E-state index is 12.2. The molecule has 3 N–H and O–H groups in total. The number of carbonyl (C=O) groups is 2. The van der Waals surface area contributed by atoms with Gasteiger partial charge in [0.25, 0.3) is 5.91 Å². The third kappa shape index (κ3) is 3.57. The van der Waals surface area contributed by atoms with Gasteiger partial charge in [-0.3, -0.25) is 14.6 Å². The Kier molecular flexibility index (Phi) is 5.14. The van der Waals surface area contributed by atoms with Crippen LogP contribution in [0.2, 0.25) is 0 Å². The molecule has 7 nitrogen and oxygen atoms in total. The Morgan fingerprint density at radius 1 is 1.30 bits per heavy atom. The van der Waals surface area contributed by atoms with Crippen molar-refractivity contribution in [2.24, 2.45) is 0 Å². The van der Waals surface area contributed by atoms with Gasteiger partial charge in [0.1, 0.15) is 17.2 Å². The van der Waals surface area contributed by atoms with Crippen molar-refractivity contribution in [1.82, 2.24) is 10.3 Å². The number of carbonyl (C=O) groups excluding carboxylic acids is 2. The molecule has 0 aliphatic heterocycles. The molecule has 0 radical (unpaired) electrons. The number of methoxy groups -OCH3 is 2. The molecule has 7 heteroatoms. The fraction of sp³-hybridized carbons (Fsp3) is 0.188. The van der Waals surface area contributed by atoms with Crippen LogP contribution in [0, 0.1) is 0 Å². The second-order valence-electron chi connectivity index (χ2n) is 4.64. The molecule has 1 heterocycles. The van der Waals surface area contributed by atoms with Gasteiger partial charge < -0.3 is 20.5 Å². The lowest BCUT2D eigenvalue weighted by molar-refractivity contribution is 0.0951. The minimum absolute atomic E-state index is 0.0414. The molecule has 2 rings (SSSR count). The fourth-order valence-electron chi connectivity index (χ4n) is 2.05. The summed E-state index contributed by atoms with van der Waals surface area (Å²) in [6, 6.07) is 6.76. The average Bonchev–Trinajstić information content (AvgIpc) is 2.59. The van der Waals surface area contributed by atoms with Crippen LogP contribution in [0.25, 0.3) is 0 Å². The standard InChI is InChI=1S/C16H17N3O4/c1-22-11-4-3-10(14(7-11)23-2)8-19-16(21)12-5-6-18-13(9-20)15(12)17/h3-7,9H,8,17H2,1-2H3,(H,19,21). The van der Waals surface area contributed by atoms with Gasteiger partial charge >= 0.3 is 0 Å². The number of ether oxygens (including phenoxy) is 2. The molecule has 23 heavy (non-hydrogen) atoms. The number of aromatic nitrogens is 1. The van der Waals surface area contributed by atoms with Crippen LogP contribution in [0.3, 0.4) is 0 Å². The molecule has 120 valence electrons. The number of hydrogen-bond acceptors (Lipinski definition) is 6. The van der Waals surface area contributed by atoms with Crippen molar-refractivity contribution in [3.63, 3.8) is 0 Å². The first kappa shape index (κ1) is 16.3. The van der Waals surface area contributed by atoms with Crippen molar-refractivity contribution >= 4 is 17.9 Å². The average molecular weight is 315 g/mol. The molecule has 2 aromatic rings. The van der Waals surface area contributed by atoms with Crippen molar-refractivity contribution in [3.8, 4) is 11.5 Å². The summed E-state index contributed by atoms with van der Waals surface area (Å²) in [6.07, 6.45) is 1.88. The third-order valence-corrected chi connectivity index (χ3v) is 3.31. The number of nitrogens with two attached hydrogens (primary N) is 1. The number of nitrogens with zero attached hydrogens (tertiary/aromatic N) is 1. The summed E-state index contributed by atoms with van der Waals surface area (Å²) in [7, 11) is 3.10. The molecule has 0 spiro atoms. The highest BCUT2D eigenvalue weighted by Crippen LogP contribution is 2.24. The Balaban J connectivity index is 2.15. The largest absolute Gasteiger partial charge is 0.497 e. The molecule has 1 amide bonds. The number of anilines is 1. The SMILES string of the molecule is COc1ccc(CNC(=O)c2ccnc(C=O)c2N)c(OC)c1. The van der Waals surface area contributed by atoms with Crippen LogP contribution in [0.4, 0.5) is 5.69 Å². The molecule has 0 bridgehead atoms. The molecule has 0 unspecified atom stereocenters. The second kappa shape index (κ2) is 7.26. The zero-order chi connectivity index (χ0) is 16.8. The number of amides is 1. The van der Waals surface area contributed by atoms with Crippen LogP contribution < -0.4 is 20.5 Å². The lowest BCUT2D eigenvalue weighted by Gasteiger charge is -2.12. The maximum absolute atomic E-state index is 12.2. The van der Waals surface area contributed by atoms with Gasteiger partial charge in [-0.2, -0.15) is 0 Å². The van der Waals surface area contributed by atoms with Crippen molar-refractivity contribution < 1.29 is 19.1 Å². The molecule has 1 aromatic carbocycles. The van der Waals surface area contributed by atoms with E-state index in [4.69, 9.17) is 15.2 Å². The Bertz CT molecular complexity index is 731. The van der Waals surface area contributed by atoms with Gasteiger partial charge in [-0.05, 0) is 18.2 Å². The number of nitrogens with one attached hydrogen (secondary N) is 1. The van der Waals surface area contributed by atoms with E-state index in [-0.39, 0.29) is 23.5 Å². The minimum atomic E-state index is -0.397. The van der Waals surface area contributed by atoms with Crippen molar-refractivity contribution in [3.05, 3.63) is 47.3 Å². The number of benzene rings is 1. The summed E-state index contributed by atoms with van der Waals surface area (Å²) in [5.74, 6) is 0.859. The first-order chi connectivity index (χ1) is 11.1. The predicted molar refractivity (Wildman–Crippen MR) is 84.8 cm³/mol. The molecular formula is C16H17N3O4. The van der Waals surface area contributed by atoms with E-state index in [0.29, 0.717) is 17.8 Å². The van der Waals surface area contributed by atoms with Gasteiger partial charge in [-0.15, -0.1) is 0 Å². The normalized spacial score (nSPS) is 10.0. The van der Waals surface area contributed by atoms with E-state index in [1.54, 1.807) is 25.3 Å². The number of aldehydes is 1. The molecule has 1 aromatic heterocycles. The first-order valence-corrected chi connectivity index (χ1v) is 6.79. The Morgan fingerprint density at radius 3 is 2.74 bits per heavy atom. The first-order valence-electron chi connectivity index (χ1n) is 6.79. The topological polar surface area (TPSA) is 104 Å². The highest BCUT2D eigenvalue weighted by molar-refractivity contribution is 6.01. The molecular weight excluding hydrogens is 298 g/mol. The van der Waals surface area contributed by atoms with Gasteiger partial charge in [0, 0.05) is 24.4 Å². The summed E-state index contributed by atoms with van der Waals surface area (Å²) in [4.78, 5) is 26.8. The summed E-state index contributed by atoms with van der Waals surface area (Å²) in [5.41, 5.74) is 6.85. The number of rotatable bonds is 6. The van der Waals surface area contributed by atoms with Crippen LogP contribution >= 0.6 is 0 Å². The van der Waals surface area contributed by atoms with E-state index in [2.05, 4.69) is 10.3 Å². The monoisotopic (exact) mass is 315 g/mol. The number of hydrogen-bond donors (Lipinski definition) is 2. The summed E-state index contributed by atoms with van der Waals surface area (Å²) < 4.78 is 10.4. The van der Waals surface area contributed by atoms with E-state index in [1.165, 1.54) is 19.4 Å². The smallest absolute Gasteiger partial charge is 0.253 e. The molecule has 0 fully saturated rings. The quantitative estimate of drug-likeness (QED) is 0.781. The van der Waals surface area contributed by atoms with E-state index in [0.717, 1.165) is 5.56 Å². The number of nitrogen functional groups attached to an aromatic ring is 1. The van der Waals surface area contributed by atoms with Crippen LogP contribution in [0.1, 0.15) is 26.4 Å².